The van der Waals surface area contributed by atoms with Gasteiger partial charge in [-0.1, -0.05) is 197 Å². The van der Waals surface area contributed by atoms with Crippen LogP contribution >= 0.6 is 0 Å². The Hall–Kier alpha value is -5.34. The first-order valence-electron chi connectivity index (χ1n) is 23.6. The fourth-order valence-electron chi connectivity index (χ4n) is 8.85. The summed E-state index contributed by atoms with van der Waals surface area (Å²) in [6.45, 7) is 41.6. The van der Waals surface area contributed by atoms with Gasteiger partial charge in [0, 0.05) is 44.3 Å². The van der Waals surface area contributed by atoms with Gasteiger partial charge in [0.2, 0.25) is 0 Å². The van der Waals surface area contributed by atoms with Crippen LogP contribution in [-0.4, -0.2) is 0 Å². The summed E-state index contributed by atoms with van der Waals surface area (Å²) < 4.78 is 0. The predicted molar refractivity (Wildman–Crippen MR) is 283 cm³/mol. The van der Waals surface area contributed by atoms with Crippen LogP contribution in [0.25, 0.3) is 21.5 Å². The maximum absolute atomic E-state index is 2.54. The molecule has 0 heterocycles. The van der Waals surface area contributed by atoms with Gasteiger partial charge < -0.3 is 9.80 Å². The SMILES string of the molecule is CC(C)(C)c1ccc(N(c2ccc(C(C)(C)C)cc2)c2c3ccc(C(C)(C)C)cc3c(N(c3ccc(C(C)(C)C)cc3)c3ccc(C(C)(C)C)cc3)c3ccc(C(C)(C)C)cc23)cc1. The number of fused-ring (bicyclic) bond motifs is 2. The van der Waals surface area contributed by atoms with Crippen LogP contribution in [0.2, 0.25) is 0 Å². The Morgan fingerprint density at radius 1 is 0.219 bits per heavy atom. The summed E-state index contributed by atoms with van der Waals surface area (Å²) in [5.74, 6) is 0. The van der Waals surface area contributed by atoms with Crippen LogP contribution in [0.1, 0.15) is 158 Å². The number of anilines is 6. The molecular formula is C62H76N2. The molecule has 7 rings (SSSR count). The fraction of sp³-hybridized carbons (Fsp3) is 0.387. The number of nitrogens with zero attached hydrogens (tertiary/aromatic N) is 2. The normalized spacial score (nSPS) is 13.2. The quantitative estimate of drug-likeness (QED) is 0.121. The van der Waals surface area contributed by atoms with Gasteiger partial charge in [0.25, 0.3) is 0 Å². The minimum atomic E-state index is -0.0739. The molecule has 0 aliphatic carbocycles. The van der Waals surface area contributed by atoms with E-state index in [4.69, 9.17) is 0 Å². The molecule has 2 nitrogen and oxygen atoms in total. The Morgan fingerprint density at radius 3 is 0.594 bits per heavy atom. The highest BCUT2D eigenvalue weighted by molar-refractivity contribution is 6.23. The van der Waals surface area contributed by atoms with Crippen molar-refractivity contribution in [1.82, 2.24) is 0 Å². The van der Waals surface area contributed by atoms with Crippen molar-refractivity contribution in [3.63, 3.8) is 0 Å². The molecule has 0 atom stereocenters. The van der Waals surface area contributed by atoms with Crippen molar-refractivity contribution >= 4 is 55.7 Å². The second-order valence-corrected chi connectivity index (χ2v) is 24.6. The van der Waals surface area contributed by atoms with E-state index in [0.29, 0.717) is 0 Å². The maximum Gasteiger partial charge on any atom is 0.0620 e. The zero-order valence-electron chi connectivity index (χ0n) is 42.6. The van der Waals surface area contributed by atoms with E-state index >= 15 is 0 Å². The Morgan fingerprint density at radius 2 is 0.406 bits per heavy atom. The number of rotatable bonds is 6. The summed E-state index contributed by atoms with van der Waals surface area (Å²) in [4.78, 5) is 5.08. The Labute approximate surface area is 387 Å². The number of hydrogen-bond acceptors (Lipinski definition) is 2. The van der Waals surface area contributed by atoms with E-state index in [9.17, 15) is 0 Å². The first-order chi connectivity index (χ1) is 29.5. The van der Waals surface area contributed by atoms with Gasteiger partial charge in [0.15, 0.2) is 0 Å². The second kappa shape index (κ2) is 16.3. The van der Waals surface area contributed by atoms with Crippen LogP contribution in [-0.2, 0) is 32.5 Å². The highest BCUT2D eigenvalue weighted by atomic mass is 15.2. The van der Waals surface area contributed by atoms with Gasteiger partial charge in [-0.3, -0.25) is 0 Å². The van der Waals surface area contributed by atoms with E-state index in [-0.39, 0.29) is 32.5 Å². The van der Waals surface area contributed by atoms with Crippen LogP contribution in [0.15, 0.2) is 133 Å². The third-order valence-electron chi connectivity index (χ3n) is 13.2. The van der Waals surface area contributed by atoms with Gasteiger partial charge in [-0.25, -0.2) is 0 Å². The molecule has 0 amide bonds. The van der Waals surface area contributed by atoms with E-state index in [2.05, 4.69) is 268 Å². The Balaban J connectivity index is 1.68. The predicted octanol–water partition coefficient (Wildman–Crippen LogP) is 18.7. The van der Waals surface area contributed by atoms with Crippen molar-refractivity contribution in [3.8, 4) is 0 Å². The van der Waals surface area contributed by atoms with E-state index in [1.807, 2.05) is 0 Å². The smallest absolute Gasteiger partial charge is 0.0620 e. The molecule has 7 aromatic rings. The summed E-state index contributed by atoms with van der Waals surface area (Å²) in [5, 5.41) is 4.87. The zero-order chi connectivity index (χ0) is 46.9. The Bertz CT molecular complexity index is 2450. The molecule has 0 aliphatic heterocycles. The molecule has 0 bridgehead atoms. The minimum absolute atomic E-state index is 0.0311. The number of hydrogen-bond donors (Lipinski definition) is 0. The van der Waals surface area contributed by atoms with Gasteiger partial charge in [0.1, 0.15) is 0 Å². The molecule has 0 fully saturated rings. The van der Waals surface area contributed by atoms with Gasteiger partial charge in [-0.2, -0.15) is 0 Å². The van der Waals surface area contributed by atoms with E-state index in [0.717, 1.165) is 22.7 Å². The molecule has 7 aromatic carbocycles. The third kappa shape index (κ3) is 9.40. The summed E-state index contributed by atoms with van der Waals surface area (Å²) >= 11 is 0. The van der Waals surface area contributed by atoms with Crippen LogP contribution in [0.5, 0.6) is 0 Å². The lowest BCUT2D eigenvalue weighted by atomic mass is 9.82. The molecule has 0 N–H and O–H groups in total. The number of benzene rings is 7. The summed E-state index contributed by atoms with van der Waals surface area (Å²) in [5.41, 5.74) is 14.8. The molecule has 0 radical (unpaired) electrons. The molecule has 0 aliphatic rings. The monoisotopic (exact) mass is 849 g/mol. The maximum atomic E-state index is 2.54. The van der Waals surface area contributed by atoms with Crippen molar-refractivity contribution in [2.45, 2.75) is 157 Å². The standard InChI is InChI=1S/C62H76N2/c1-57(2,3)41-19-29-47(30-20-41)63(48-31-21-42(22-32-48)58(4,5)6)55-51-37-27-46(62(16,17)18)40-54(51)56(52-38-28-45(39-53(52)55)61(13,14)15)64(49-33-23-43(24-34-49)59(7,8)9)50-35-25-44(26-36-50)60(10,11)12/h19-40H,1-18H3. The average molecular weight is 849 g/mol. The molecule has 0 unspecified atom stereocenters. The molecule has 334 valence electrons. The van der Waals surface area contributed by atoms with Gasteiger partial charge in [0.05, 0.1) is 11.4 Å². The van der Waals surface area contributed by atoms with Crippen LogP contribution < -0.4 is 9.80 Å². The molecule has 64 heavy (non-hydrogen) atoms. The van der Waals surface area contributed by atoms with E-state index in [1.54, 1.807) is 0 Å². The van der Waals surface area contributed by atoms with Crippen LogP contribution in [0.4, 0.5) is 34.1 Å². The lowest BCUT2D eigenvalue weighted by Crippen LogP contribution is -2.18. The van der Waals surface area contributed by atoms with Crippen LogP contribution in [0, 0.1) is 0 Å². The van der Waals surface area contributed by atoms with E-state index < -0.39 is 0 Å². The van der Waals surface area contributed by atoms with Crippen molar-refractivity contribution in [1.29, 1.82) is 0 Å². The molecule has 0 aromatic heterocycles. The molecular weight excluding hydrogens is 773 g/mol. The molecule has 0 saturated heterocycles. The second-order valence-electron chi connectivity index (χ2n) is 24.6. The van der Waals surface area contributed by atoms with E-state index in [1.165, 1.54) is 66.3 Å². The lowest BCUT2D eigenvalue weighted by molar-refractivity contribution is 0.590. The third-order valence-corrected chi connectivity index (χ3v) is 13.2. The largest absolute Gasteiger partial charge is 0.309 e. The molecule has 0 saturated carbocycles. The summed E-state index contributed by atoms with van der Waals surface area (Å²) in [6, 6.07) is 51.9. The summed E-state index contributed by atoms with van der Waals surface area (Å²) in [7, 11) is 0. The summed E-state index contributed by atoms with van der Waals surface area (Å²) in [6.07, 6.45) is 0. The first-order valence-corrected chi connectivity index (χ1v) is 23.6. The topological polar surface area (TPSA) is 6.48 Å². The lowest BCUT2D eigenvalue weighted by Gasteiger charge is -2.35. The highest BCUT2D eigenvalue weighted by Gasteiger charge is 2.30. The molecule has 0 spiro atoms. The van der Waals surface area contributed by atoms with Gasteiger partial charge in [-0.15, -0.1) is 0 Å². The van der Waals surface area contributed by atoms with Gasteiger partial charge in [-0.05, 0) is 127 Å². The van der Waals surface area contributed by atoms with Crippen molar-refractivity contribution < 1.29 is 0 Å². The van der Waals surface area contributed by atoms with Gasteiger partial charge >= 0.3 is 0 Å². The average Bonchev–Trinajstić information content (AvgIpc) is 3.20. The molecule has 2 heteroatoms. The van der Waals surface area contributed by atoms with Crippen molar-refractivity contribution in [2.75, 3.05) is 9.80 Å². The van der Waals surface area contributed by atoms with Crippen LogP contribution in [0.3, 0.4) is 0 Å². The fourth-order valence-corrected chi connectivity index (χ4v) is 8.85. The Kier molecular flexibility index (Phi) is 11.9. The minimum Gasteiger partial charge on any atom is -0.309 e. The highest BCUT2D eigenvalue weighted by Crippen LogP contribution is 2.53. The van der Waals surface area contributed by atoms with Crippen molar-refractivity contribution in [2.24, 2.45) is 0 Å². The van der Waals surface area contributed by atoms with Crippen molar-refractivity contribution in [3.05, 3.63) is 167 Å². The zero-order valence-corrected chi connectivity index (χ0v) is 42.6. The first kappa shape index (κ1) is 46.6.